The first-order valence-electron chi connectivity index (χ1n) is 5.96. The molecule has 1 spiro atoms. The van der Waals surface area contributed by atoms with Gasteiger partial charge in [0.25, 0.3) is 0 Å². The van der Waals surface area contributed by atoms with Gasteiger partial charge in [0.2, 0.25) is 0 Å². The summed E-state index contributed by atoms with van der Waals surface area (Å²) in [4.78, 5) is 16.2. The van der Waals surface area contributed by atoms with E-state index in [-0.39, 0.29) is 0 Å². The molecule has 1 fully saturated rings. The predicted molar refractivity (Wildman–Crippen MR) is 68.1 cm³/mol. The number of thioether (sulfide) groups is 1. The summed E-state index contributed by atoms with van der Waals surface area (Å²) in [6.07, 6.45) is 5.07. The summed E-state index contributed by atoms with van der Waals surface area (Å²) in [5.74, 6) is -0.881. The van der Waals surface area contributed by atoms with E-state index in [1.807, 2.05) is 11.8 Å². The number of nitrogens with zero attached hydrogens (tertiary/aromatic N) is 1. The van der Waals surface area contributed by atoms with E-state index in [9.17, 15) is 4.79 Å². The van der Waals surface area contributed by atoms with Gasteiger partial charge in [0.05, 0.1) is 10.7 Å². The number of carboxylic acids is 1. The summed E-state index contributed by atoms with van der Waals surface area (Å²) < 4.78 is 0.308. The fourth-order valence-corrected chi connectivity index (χ4v) is 4.61. The summed E-state index contributed by atoms with van der Waals surface area (Å²) in [6, 6.07) is 1.74. The molecule has 1 aliphatic carbocycles. The number of aromatic nitrogens is 1. The Bertz CT molecular complexity index is 463. The number of anilines is 1. The van der Waals surface area contributed by atoms with Crippen LogP contribution in [0.2, 0.25) is 0 Å². The number of carbonyl (C=O) groups is 1. The first-order valence-corrected chi connectivity index (χ1v) is 6.78. The molecule has 1 aliphatic heterocycles. The van der Waals surface area contributed by atoms with Crippen LogP contribution in [0.5, 0.6) is 0 Å². The third-order valence-electron chi connectivity index (χ3n) is 3.76. The van der Waals surface area contributed by atoms with Crippen molar-refractivity contribution in [3.63, 3.8) is 0 Å². The maximum Gasteiger partial charge on any atom is 0.352 e. The molecule has 0 atom stereocenters. The molecule has 0 aromatic carbocycles. The Morgan fingerprint density at radius 3 is 2.88 bits per heavy atom. The average Bonchev–Trinajstić information content (AvgIpc) is 2.85. The van der Waals surface area contributed by atoms with Crippen LogP contribution in [-0.4, -0.2) is 34.4 Å². The maximum absolute atomic E-state index is 11.0. The van der Waals surface area contributed by atoms with E-state index in [1.165, 1.54) is 25.7 Å². The average molecular weight is 252 g/mol. The van der Waals surface area contributed by atoms with Crippen molar-refractivity contribution in [2.45, 2.75) is 35.5 Å². The number of hydrogen-bond acceptors (Lipinski definition) is 3. The van der Waals surface area contributed by atoms with Crippen LogP contribution in [0.3, 0.4) is 0 Å². The summed E-state index contributed by atoms with van der Waals surface area (Å²) in [5, 5.41) is 10.0. The van der Waals surface area contributed by atoms with Gasteiger partial charge >= 0.3 is 5.97 Å². The lowest BCUT2D eigenvalue weighted by atomic mass is 10.1. The number of fused-ring (bicyclic) bond motifs is 1. The number of rotatable bonds is 1. The van der Waals surface area contributed by atoms with E-state index < -0.39 is 5.97 Å². The quantitative estimate of drug-likeness (QED) is 0.806. The zero-order chi connectivity index (χ0) is 12.0. The molecular formula is C12H16N2O2S. The highest BCUT2D eigenvalue weighted by Crippen LogP contribution is 2.51. The minimum atomic E-state index is -0.881. The van der Waals surface area contributed by atoms with Gasteiger partial charge < -0.3 is 15.0 Å². The summed E-state index contributed by atoms with van der Waals surface area (Å²) >= 11 is 1.85. The second-order valence-electron chi connectivity index (χ2n) is 5.05. The fourth-order valence-electron chi connectivity index (χ4n) is 2.95. The predicted octanol–water partition coefficient (Wildman–Crippen LogP) is 2.57. The van der Waals surface area contributed by atoms with Gasteiger partial charge in [-0.3, -0.25) is 0 Å². The lowest BCUT2D eigenvalue weighted by molar-refractivity contribution is 0.0691. The Labute approximate surface area is 104 Å². The summed E-state index contributed by atoms with van der Waals surface area (Å²) in [5.41, 5.74) is 1.33. The molecule has 5 heteroatoms. The lowest BCUT2D eigenvalue weighted by Gasteiger charge is -2.38. The minimum absolute atomic E-state index is 0.296. The molecule has 2 heterocycles. The van der Waals surface area contributed by atoms with Gasteiger partial charge in [0, 0.05) is 18.3 Å². The highest BCUT2D eigenvalue weighted by Gasteiger charge is 2.41. The van der Waals surface area contributed by atoms with E-state index >= 15 is 0 Å². The second kappa shape index (κ2) is 3.70. The van der Waals surface area contributed by atoms with Gasteiger partial charge in [0.1, 0.15) is 5.69 Å². The van der Waals surface area contributed by atoms with E-state index in [0.29, 0.717) is 10.4 Å². The van der Waals surface area contributed by atoms with Crippen molar-refractivity contribution in [1.29, 1.82) is 0 Å². The van der Waals surface area contributed by atoms with Crippen molar-refractivity contribution < 1.29 is 9.90 Å². The van der Waals surface area contributed by atoms with Gasteiger partial charge in [-0.2, -0.15) is 0 Å². The normalized spacial score (nSPS) is 21.8. The SMILES string of the molecule is CN1CC2(CCCC2)Sc2[nH]c(C(=O)O)cc21. The maximum atomic E-state index is 11.0. The van der Waals surface area contributed by atoms with Gasteiger partial charge in [0.15, 0.2) is 0 Å². The zero-order valence-corrected chi connectivity index (χ0v) is 10.6. The molecule has 1 aromatic rings. The molecule has 0 bridgehead atoms. The van der Waals surface area contributed by atoms with Crippen LogP contribution in [0.15, 0.2) is 11.1 Å². The van der Waals surface area contributed by atoms with Crippen molar-refractivity contribution in [3.8, 4) is 0 Å². The largest absolute Gasteiger partial charge is 0.477 e. The molecule has 92 valence electrons. The molecule has 1 aromatic heterocycles. The Hall–Kier alpha value is -1.10. The fraction of sp³-hybridized carbons (Fsp3) is 0.583. The third kappa shape index (κ3) is 1.73. The van der Waals surface area contributed by atoms with Crippen molar-refractivity contribution in [2.24, 2.45) is 0 Å². The van der Waals surface area contributed by atoms with Crippen molar-refractivity contribution in [2.75, 3.05) is 18.5 Å². The van der Waals surface area contributed by atoms with Gasteiger partial charge in [-0.15, -0.1) is 0 Å². The molecule has 4 nitrogen and oxygen atoms in total. The number of H-pyrrole nitrogens is 1. The van der Waals surface area contributed by atoms with Crippen LogP contribution in [0.4, 0.5) is 5.69 Å². The van der Waals surface area contributed by atoms with Crippen LogP contribution in [0.25, 0.3) is 0 Å². The monoisotopic (exact) mass is 252 g/mol. The van der Waals surface area contributed by atoms with Gasteiger partial charge in [-0.1, -0.05) is 24.6 Å². The summed E-state index contributed by atoms with van der Waals surface area (Å²) in [6.45, 7) is 1.03. The standard InChI is InChI=1S/C12H16N2O2S/c1-14-7-12(4-2-3-5-12)17-10-9(14)6-8(13-10)11(15)16/h6,13H,2-5,7H2,1H3,(H,15,16). The molecule has 1 saturated carbocycles. The molecule has 17 heavy (non-hydrogen) atoms. The number of aromatic carboxylic acids is 1. The van der Waals surface area contributed by atoms with Crippen molar-refractivity contribution >= 4 is 23.4 Å². The number of hydrogen-bond donors (Lipinski definition) is 2. The molecule has 0 saturated heterocycles. The Balaban J connectivity index is 1.97. The van der Waals surface area contributed by atoms with Crippen LogP contribution >= 0.6 is 11.8 Å². The number of aromatic amines is 1. The number of nitrogens with one attached hydrogen (secondary N) is 1. The highest BCUT2D eigenvalue weighted by atomic mass is 32.2. The number of carboxylic acid groups (broad SMARTS) is 1. The highest BCUT2D eigenvalue weighted by molar-refractivity contribution is 8.00. The molecule has 2 aliphatic rings. The summed E-state index contributed by atoms with van der Waals surface area (Å²) in [7, 11) is 2.05. The zero-order valence-electron chi connectivity index (χ0n) is 9.82. The molecule has 2 N–H and O–H groups in total. The molecule has 0 unspecified atom stereocenters. The van der Waals surface area contributed by atoms with E-state index in [4.69, 9.17) is 5.11 Å². The van der Waals surface area contributed by atoms with Crippen molar-refractivity contribution in [3.05, 3.63) is 11.8 Å². The smallest absolute Gasteiger partial charge is 0.352 e. The lowest BCUT2D eigenvalue weighted by Crippen LogP contribution is -2.39. The van der Waals surface area contributed by atoms with Crippen LogP contribution < -0.4 is 4.90 Å². The Morgan fingerprint density at radius 1 is 1.53 bits per heavy atom. The molecule has 0 radical (unpaired) electrons. The Kier molecular flexibility index (Phi) is 2.40. The topological polar surface area (TPSA) is 56.3 Å². The van der Waals surface area contributed by atoms with E-state index in [0.717, 1.165) is 17.3 Å². The van der Waals surface area contributed by atoms with Gasteiger partial charge in [-0.05, 0) is 18.9 Å². The van der Waals surface area contributed by atoms with Crippen LogP contribution in [0, 0.1) is 0 Å². The molecular weight excluding hydrogens is 236 g/mol. The van der Waals surface area contributed by atoms with Crippen LogP contribution in [-0.2, 0) is 0 Å². The molecule has 0 amide bonds. The Morgan fingerprint density at radius 2 is 2.24 bits per heavy atom. The third-order valence-corrected chi connectivity index (χ3v) is 5.25. The molecule has 3 rings (SSSR count). The van der Waals surface area contributed by atoms with Gasteiger partial charge in [-0.25, -0.2) is 4.79 Å². The minimum Gasteiger partial charge on any atom is -0.477 e. The van der Waals surface area contributed by atoms with E-state index in [2.05, 4.69) is 16.9 Å². The van der Waals surface area contributed by atoms with E-state index in [1.54, 1.807) is 6.07 Å². The first kappa shape index (κ1) is 11.0. The van der Waals surface area contributed by atoms with Crippen molar-refractivity contribution in [1.82, 2.24) is 4.98 Å². The first-order chi connectivity index (χ1) is 8.10. The second-order valence-corrected chi connectivity index (χ2v) is 6.53. The van der Waals surface area contributed by atoms with Crippen LogP contribution in [0.1, 0.15) is 36.2 Å².